The van der Waals surface area contributed by atoms with E-state index < -0.39 is 6.10 Å². The van der Waals surface area contributed by atoms with Crippen LogP contribution < -0.4 is 4.74 Å². The molecule has 2 aliphatic heterocycles. The molecule has 2 heterocycles. The molecule has 6 nitrogen and oxygen atoms in total. The lowest BCUT2D eigenvalue weighted by Gasteiger charge is -2.19. The zero-order chi connectivity index (χ0) is 15.7. The summed E-state index contributed by atoms with van der Waals surface area (Å²) in [7, 11) is 0. The summed E-state index contributed by atoms with van der Waals surface area (Å²) < 4.78 is 18.1. The van der Waals surface area contributed by atoms with E-state index in [-0.39, 0.29) is 36.9 Å². The predicted octanol–water partition coefficient (Wildman–Crippen LogP) is 0.992. The second-order valence-electron chi connectivity index (χ2n) is 5.50. The van der Waals surface area contributed by atoms with E-state index in [0.717, 1.165) is 11.3 Å². The fourth-order valence-corrected chi connectivity index (χ4v) is 2.84. The topological polar surface area (TPSA) is 70.1 Å². The first-order valence-corrected chi connectivity index (χ1v) is 7.24. The van der Waals surface area contributed by atoms with E-state index in [9.17, 15) is 19.1 Å². The van der Waals surface area contributed by atoms with Gasteiger partial charge in [0.25, 0.3) is 5.91 Å². The van der Waals surface area contributed by atoms with E-state index in [4.69, 9.17) is 4.74 Å². The van der Waals surface area contributed by atoms with Crippen molar-refractivity contribution in [3.8, 4) is 5.75 Å². The highest BCUT2D eigenvalue weighted by atomic mass is 19.1. The van der Waals surface area contributed by atoms with Gasteiger partial charge >= 0.3 is 6.03 Å². The number of urea groups is 1. The van der Waals surface area contributed by atoms with E-state index in [2.05, 4.69) is 0 Å². The van der Waals surface area contributed by atoms with Gasteiger partial charge in [-0.25, -0.2) is 9.18 Å². The number of benzene rings is 1. The first-order chi connectivity index (χ1) is 10.6. The van der Waals surface area contributed by atoms with Crippen LogP contribution in [0.3, 0.4) is 0 Å². The molecule has 2 atom stereocenters. The molecule has 1 N–H and O–H groups in total. The number of amides is 3. The number of hydrogen-bond donors (Lipinski definition) is 1. The molecule has 2 saturated heterocycles. The average Bonchev–Trinajstić information content (AvgIpc) is 3.07. The molecular formula is C15H17FN2O4. The minimum Gasteiger partial charge on any atom is -0.491 e. The van der Waals surface area contributed by atoms with Gasteiger partial charge in [-0.3, -0.25) is 9.69 Å². The fraction of sp³-hybridized carbons (Fsp3) is 0.467. The first-order valence-electron chi connectivity index (χ1n) is 7.24. The molecule has 0 saturated carbocycles. The molecule has 0 unspecified atom stereocenters. The van der Waals surface area contributed by atoms with Crippen molar-refractivity contribution in [3.05, 3.63) is 30.1 Å². The monoisotopic (exact) mass is 308 g/mol. The van der Waals surface area contributed by atoms with Crippen molar-refractivity contribution in [2.75, 3.05) is 19.7 Å². The Morgan fingerprint density at radius 3 is 2.73 bits per heavy atom. The number of halogens is 1. The Bertz CT molecular complexity index is 555. The Kier molecular flexibility index (Phi) is 3.98. The van der Waals surface area contributed by atoms with Gasteiger partial charge in [-0.05, 0) is 37.1 Å². The van der Waals surface area contributed by atoms with Crippen molar-refractivity contribution < 1.29 is 23.8 Å². The van der Waals surface area contributed by atoms with Crippen LogP contribution >= 0.6 is 0 Å². The molecule has 1 aromatic carbocycles. The van der Waals surface area contributed by atoms with Gasteiger partial charge in [0.05, 0.1) is 6.54 Å². The summed E-state index contributed by atoms with van der Waals surface area (Å²) in [6, 6.07) is 4.70. The highest BCUT2D eigenvalue weighted by molar-refractivity contribution is 6.04. The lowest BCUT2D eigenvalue weighted by Crippen LogP contribution is -2.41. The third-order valence-corrected chi connectivity index (χ3v) is 3.93. The average molecular weight is 308 g/mol. The molecule has 2 aliphatic rings. The van der Waals surface area contributed by atoms with Crippen molar-refractivity contribution in [2.24, 2.45) is 0 Å². The summed E-state index contributed by atoms with van der Waals surface area (Å²) in [6.07, 6.45) is 0.535. The third-order valence-electron chi connectivity index (χ3n) is 3.93. The van der Waals surface area contributed by atoms with Gasteiger partial charge in [-0.2, -0.15) is 0 Å². The number of fused-ring (bicyclic) bond motifs is 1. The summed E-state index contributed by atoms with van der Waals surface area (Å²) in [5.41, 5.74) is 0. The summed E-state index contributed by atoms with van der Waals surface area (Å²) in [5, 5.41) is 9.96. The standard InChI is InChI=1S/C15H17FN2O4/c16-10-3-5-12(6-4-10)22-9-11(19)8-18-14(20)13-2-1-7-17(13)15(18)21/h3-6,11,13,19H,1-2,7-9H2/t11-,13+/m0/s1. The van der Waals surface area contributed by atoms with Crippen LogP contribution in [-0.4, -0.2) is 58.7 Å². The molecule has 0 aromatic heterocycles. The summed E-state index contributed by atoms with van der Waals surface area (Å²) in [5.74, 6) is -0.203. The van der Waals surface area contributed by atoms with Crippen LogP contribution in [0.25, 0.3) is 0 Å². The maximum atomic E-state index is 12.8. The molecule has 0 spiro atoms. The Labute approximate surface area is 127 Å². The molecule has 0 aliphatic carbocycles. The van der Waals surface area contributed by atoms with Crippen molar-refractivity contribution in [2.45, 2.75) is 25.0 Å². The van der Waals surface area contributed by atoms with Crippen LogP contribution in [0.5, 0.6) is 5.75 Å². The van der Waals surface area contributed by atoms with E-state index in [1.54, 1.807) is 4.90 Å². The minimum absolute atomic E-state index is 0.0760. The third kappa shape index (κ3) is 2.76. The van der Waals surface area contributed by atoms with Crippen LogP contribution in [0, 0.1) is 5.82 Å². The first kappa shape index (κ1) is 14.8. The number of carbonyl (C=O) groups is 2. The van der Waals surface area contributed by atoms with Crippen molar-refractivity contribution >= 4 is 11.9 Å². The molecule has 2 fully saturated rings. The van der Waals surface area contributed by atoms with Gasteiger partial charge in [0, 0.05) is 6.54 Å². The van der Waals surface area contributed by atoms with Gasteiger partial charge < -0.3 is 14.7 Å². The summed E-state index contributed by atoms with van der Waals surface area (Å²) >= 11 is 0. The molecule has 3 rings (SSSR count). The van der Waals surface area contributed by atoms with Gasteiger partial charge in [-0.15, -0.1) is 0 Å². The molecular weight excluding hydrogens is 291 g/mol. The number of ether oxygens (including phenoxy) is 1. The van der Waals surface area contributed by atoms with Crippen LogP contribution in [0.1, 0.15) is 12.8 Å². The van der Waals surface area contributed by atoms with Crippen molar-refractivity contribution in [3.63, 3.8) is 0 Å². The SMILES string of the molecule is O=C1[C@H]2CCCN2C(=O)N1C[C@H](O)COc1ccc(F)cc1. The minimum atomic E-state index is -0.988. The molecule has 7 heteroatoms. The molecule has 1 aromatic rings. The number of aliphatic hydroxyl groups is 1. The normalized spacial score (nSPS) is 22.2. The van der Waals surface area contributed by atoms with Gasteiger partial charge in [0.15, 0.2) is 0 Å². The number of rotatable bonds is 5. The van der Waals surface area contributed by atoms with Gasteiger partial charge in [0.2, 0.25) is 0 Å². The van der Waals surface area contributed by atoms with E-state index in [1.807, 2.05) is 0 Å². The maximum Gasteiger partial charge on any atom is 0.327 e. The van der Waals surface area contributed by atoms with Crippen LogP contribution in [0.15, 0.2) is 24.3 Å². The number of carbonyl (C=O) groups excluding carboxylic acids is 2. The number of β-amino-alcohol motifs (C(OH)–C–C–N with tert-alkyl or cyclic N) is 1. The van der Waals surface area contributed by atoms with Crippen LogP contribution in [0.4, 0.5) is 9.18 Å². The highest BCUT2D eigenvalue weighted by Crippen LogP contribution is 2.27. The Morgan fingerprint density at radius 1 is 1.32 bits per heavy atom. The Hall–Kier alpha value is -2.15. The van der Waals surface area contributed by atoms with Gasteiger partial charge in [0.1, 0.15) is 30.3 Å². The van der Waals surface area contributed by atoms with Crippen molar-refractivity contribution in [1.29, 1.82) is 0 Å². The van der Waals surface area contributed by atoms with E-state index in [1.165, 1.54) is 24.3 Å². The van der Waals surface area contributed by atoms with Gasteiger partial charge in [-0.1, -0.05) is 0 Å². The quantitative estimate of drug-likeness (QED) is 0.824. The number of imide groups is 1. The lowest BCUT2D eigenvalue weighted by molar-refractivity contribution is -0.129. The van der Waals surface area contributed by atoms with Crippen molar-refractivity contribution in [1.82, 2.24) is 9.80 Å². The highest BCUT2D eigenvalue weighted by Gasteiger charge is 2.47. The largest absolute Gasteiger partial charge is 0.491 e. The maximum absolute atomic E-state index is 12.8. The molecule has 22 heavy (non-hydrogen) atoms. The smallest absolute Gasteiger partial charge is 0.327 e. The zero-order valence-electron chi connectivity index (χ0n) is 11.9. The summed E-state index contributed by atoms with van der Waals surface area (Å²) in [4.78, 5) is 26.8. The van der Waals surface area contributed by atoms with Crippen LogP contribution in [0.2, 0.25) is 0 Å². The molecule has 3 amide bonds. The lowest BCUT2D eigenvalue weighted by atomic mass is 10.2. The predicted molar refractivity (Wildman–Crippen MR) is 74.7 cm³/mol. The Morgan fingerprint density at radius 2 is 2.05 bits per heavy atom. The molecule has 0 bridgehead atoms. The second kappa shape index (κ2) is 5.92. The van der Waals surface area contributed by atoms with E-state index >= 15 is 0 Å². The van der Waals surface area contributed by atoms with Crippen LogP contribution in [-0.2, 0) is 4.79 Å². The molecule has 0 radical (unpaired) electrons. The fourth-order valence-electron chi connectivity index (χ4n) is 2.84. The number of hydrogen-bond acceptors (Lipinski definition) is 4. The number of aliphatic hydroxyl groups excluding tert-OH is 1. The second-order valence-corrected chi connectivity index (χ2v) is 5.50. The summed E-state index contributed by atoms with van der Waals surface area (Å²) in [6.45, 7) is 0.424. The van der Waals surface area contributed by atoms with E-state index in [0.29, 0.717) is 18.7 Å². The molecule has 118 valence electrons. The zero-order valence-corrected chi connectivity index (χ0v) is 11.9. The number of nitrogens with zero attached hydrogens (tertiary/aromatic N) is 2. The Balaban J connectivity index is 1.53.